The second-order valence-corrected chi connectivity index (χ2v) is 4.84. The van der Waals surface area contributed by atoms with Crippen molar-refractivity contribution in [3.63, 3.8) is 0 Å². The molecule has 3 nitrogen and oxygen atoms in total. The minimum atomic E-state index is -0.0825. The molecule has 0 aromatic heterocycles. The van der Waals surface area contributed by atoms with Gasteiger partial charge in [-0.05, 0) is 29.0 Å². The van der Waals surface area contributed by atoms with E-state index in [2.05, 4.69) is 0 Å². The van der Waals surface area contributed by atoms with Gasteiger partial charge in [0.2, 0.25) is 0 Å². The predicted molar refractivity (Wildman–Crippen MR) is 84.8 cm³/mol. The van der Waals surface area contributed by atoms with Gasteiger partial charge in [-0.1, -0.05) is 36.4 Å². The third-order valence-electron chi connectivity index (χ3n) is 3.52. The van der Waals surface area contributed by atoms with Crippen LogP contribution in [0.5, 0.6) is 5.75 Å². The normalized spacial score (nSPS) is 10.5. The largest absolute Gasteiger partial charge is 0.497 e. The summed E-state index contributed by atoms with van der Waals surface area (Å²) in [5, 5.41) is 2.15. The molecule has 0 unspecified atom stereocenters. The smallest absolute Gasteiger partial charge is 0.195 e. The van der Waals surface area contributed by atoms with Crippen LogP contribution in [0, 0.1) is 0 Å². The van der Waals surface area contributed by atoms with E-state index in [9.17, 15) is 4.79 Å². The van der Waals surface area contributed by atoms with Crippen LogP contribution in [0.15, 0.2) is 60.7 Å². The molecule has 0 aliphatic carbocycles. The number of rotatable bonds is 3. The highest BCUT2D eigenvalue weighted by atomic mass is 16.5. The first-order valence-electron chi connectivity index (χ1n) is 6.66. The molecule has 0 aliphatic heterocycles. The summed E-state index contributed by atoms with van der Waals surface area (Å²) in [5.74, 6) is 0.559. The SMILES string of the molecule is COc1ccc(C(=O)c2ccc3ccccc3c2)c(N)c1. The van der Waals surface area contributed by atoms with Crippen molar-refractivity contribution in [2.45, 2.75) is 0 Å². The number of nitrogens with two attached hydrogens (primary N) is 1. The summed E-state index contributed by atoms with van der Waals surface area (Å²) in [5.41, 5.74) is 7.49. The van der Waals surface area contributed by atoms with Gasteiger partial charge in [-0.3, -0.25) is 4.79 Å². The highest BCUT2D eigenvalue weighted by Gasteiger charge is 2.13. The number of ketones is 1. The number of benzene rings is 3. The van der Waals surface area contributed by atoms with Gasteiger partial charge < -0.3 is 10.5 Å². The van der Waals surface area contributed by atoms with Crippen molar-refractivity contribution in [3.05, 3.63) is 71.8 Å². The zero-order chi connectivity index (χ0) is 14.8. The summed E-state index contributed by atoms with van der Waals surface area (Å²) >= 11 is 0. The van der Waals surface area contributed by atoms with E-state index in [1.54, 1.807) is 25.3 Å². The van der Waals surface area contributed by atoms with E-state index in [4.69, 9.17) is 10.5 Å². The fourth-order valence-electron chi connectivity index (χ4n) is 2.36. The van der Waals surface area contributed by atoms with E-state index in [0.29, 0.717) is 22.6 Å². The Morgan fingerprint density at radius 2 is 1.71 bits per heavy atom. The average molecular weight is 277 g/mol. The molecule has 0 aliphatic rings. The number of fused-ring (bicyclic) bond motifs is 1. The molecule has 3 heteroatoms. The number of carbonyl (C=O) groups is 1. The van der Waals surface area contributed by atoms with Gasteiger partial charge >= 0.3 is 0 Å². The summed E-state index contributed by atoms with van der Waals surface area (Å²) in [7, 11) is 1.57. The van der Waals surface area contributed by atoms with Crippen molar-refractivity contribution in [1.82, 2.24) is 0 Å². The van der Waals surface area contributed by atoms with Crippen molar-refractivity contribution < 1.29 is 9.53 Å². The van der Waals surface area contributed by atoms with Gasteiger partial charge in [-0.2, -0.15) is 0 Å². The third-order valence-corrected chi connectivity index (χ3v) is 3.52. The van der Waals surface area contributed by atoms with Gasteiger partial charge in [0.15, 0.2) is 5.78 Å². The predicted octanol–water partition coefficient (Wildman–Crippen LogP) is 3.66. The van der Waals surface area contributed by atoms with Gasteiger partial charge in [0.1, 0.15) is 5.75 Å². The monoisotopic (exact) mass is 277 g/mol. The van der Waals surface area contributed by atoms with Crippen LogP contribution in [0.2, 0.25) is 0 Å². The number of hydrogen-bond acceptors (Lipinski definition) is 3. The number of carbonyl (C=O) groups excluding carboxylic acids is 1. The Balaban J connectivity index is 2.03. The Morgan fingerprint density at radius 1 is 0.952 bits per heavy atom. The fourth-order valence-corrected chi connectivity index (χ4v) is 2.36. The number of hydrogen-bond donors (Lipinski definition) is 1. The summed E-state index contributed by atoms with van der Waals surface area (Å²) in [6.07, 6.45) is 0. The Kier molecular flexibility index (Phi) is 3.32. The third kappa shape index (κ3) is 2.46. The zero-order valence-corrected chi connectivity index (χ0v) is 11.7. The van der Waals surface area contributed by atoms with Crippen LogP contribution in [0.4, 0.5) is 5.69 Å². The van der Waals surface area contributed by atoms with Gasteiger partial charge in [0.05, 0.1) is 7.11 Å². The second-order valence-electron chi connectivity index (χ2n) is 4.84. The van der Waals surface area contributed by atoms with Crippen molar-refractivity contribution in [3.8, 4) is 5.75 Å². The molecule has 0 bridgehead atoms. The molecular weight excluding hydrogens is 262 g/mol. The number of anilines is 1. The number of nitrogen functional groups attached to an aromatic ring is 1. The molecule has 0 amide bonds. The highest BCUT2D eigenvalue weighted by molar-refractivity contribution is 6.13. The lowest BCUT2D eigenvalue weighted by molar-refractivity contribution is 0.103. The molecule has 104 valence electrons. The summed E-state index contributed by atoms with van der Waals surface area (Å²) < 4.78 is 5.10. The number of methoxy groups -OCH3 is 1. The minimum Gasteiger partial charge on any atom is -0.497 e. The molecule has 3 rings (SSSR count). The van der Waals surface area contributed by atoms with Crippen LogP contribution in [0.1, 0.15) is 15.9 Å². The fraction of sp³-hybridized carbons (Fsp3) is 0.0556. The van der Waals surface area contributed by atoms with E-state index < -0.39 is 0 Å². The van der Waals surface area contributed by atoms with Crippen molar-refractivity contribution in [1.29, 1.82) is 0 Å². The van der Waals surface area contributed by atoms with Crippen molar-refractivity contribution in [2.24, 2.45) is 0 Å². The molecule has 0 spiro atoms. The number of ether oxygens (including phenoxy) is 1. The standard InChI is InChI=1S/C18H15NO2/c1-21-15-8-9-16(17(19)11-15)18(20)14-7-6-12-4-2-3-5-13(12)10-14/h2-11H,19H2,1H3. The van der Waals surface area contributed by atoms with Crippen LogP contribution in [-0.4, -0.2) is 12.9 Å². The lowest BCUT2D eigenvalue weighted by Crippen LogP contribution is -2.05. The minimum absolute atomic E-state index is 0.0825. The van der Waals surface area contributed by atoms with E-state index in [0.717, 1.165) is 10.8 Å². The average Bonchev–Trinajstić information content (AvgIpc) is 2.53. The zero-order valence-electron chi connectivity index (χ0n) is 11.7. The first kappa shape index (κ1) is 13.2. The van der Waals surface area contributed by atoms with Crippen molar-refractivity contribution >= 4 is 22.2 Å². The Hall–Kier alpha value is -2.81. The van der Waals surface area contributed by atoms with Crippen LogP contribution in [0.25, 0.3) is 10.8 Å². The van der Waals surface area contributed by atoms with Crippen molar-refractivity contribution in [2.75, 3.05) is 12.8 Å². The molecule has 0 radical (unpaired) electrons. The maximum Gasteiger partial charge on any atom is 0.195 e. The Bertz CT molecular complexity index is 824. The topological polar surface area (TPSA) is 52.3 Å². The highest BCUT2D eigenvalue weighted by Crippen LogP contribution is 2.24. The lowest BCUT2D eigenvalue weighted by Gasteiger charge is -2.08. The van der Waals surface area contributed by atoms with Gasteiger partial charge in [0, 0.05) is 22.9 Å². The molecule has 2 N–H and O–H groups in total. The quantitative estimate of drug-likeness (QED) is 0.587. The van der Waals surface area contributed by atoms with Crippen LogP contribution in [0.3, 0.4) is 0 Å². The summed E-state index contributed by atoms with van der Waals surface area (Å²) in [6, 6.07) is 18.7. The van der Waals surface area contributed by atoms with Gasteiger partial charge in [-0.25, -0.2) is 0 Å². The molecule has 0 atom stereocenters. The summed E-state index contributed by atoms with van der Waals surface area (Å²) in [6.45, 7) is 0. The van der Waals surface area contributed by atoms with Crippen LogP contribution >= 0.6 is 0 Å². The van der Waals surface area contributed by atoms with E-state index in [1.807, 2.05) is 42.5 Å². The Morgan fingerprint density at radius 3 is 2.43 bits per heavy atom. The first-order valence-corrected chi connectivity index (χ1v) is 6.66. The molecule has 0 saturated carbocycles. The van der Waals surface area contributed by atoms with E-state index in [-0.39, 0.29) is 5.78 Å². The van der Waals surface area contributed by atoms with Crippen LogP contribution in [-0.2, 0) is 0 Å². The van der Waals surface area contributed by atoms with E-state index in [1.165, 1.54) is 0 Å². The molecule has 21 heavy (non-hydrogen) atoms. The molecule has 0 fully saturated rings. The molecule has 0 saturated heterocycles. The van der Waals surface area contributed by atoms with Gasteiger partial charge in [-0.15, -0.1) is 0 Å². The first-order chi connectivity index (χ1) is 10.2. The molecule has 3 aromatic rings. The molecule has 3 aromatic carbocycles. The maximum atomic E-state index is 12.6. The van der Waals surface area contributed by atoms with E-state index >= 15 is 0 Å². The van der Waals surface area contributed by atoms with Gasteiger partial charge in [0.25, 0.3) is 0 Å². The molecule has 0 heterocycles. The summed E-state index contributed by atoms with van der Waals surface area (Å²) in [4.78, 5) is 12.6. The maximum absolute atomic E-state index is 12.6. The molecular formula is C18H15NO2. The van der Waals surface area contributed by atoms with Crippen LogP contribution < -0.4 is 10.5 Å². The lowest BCUT2D eigenvalue weighted by atomic mass is 9.99. The second kappa shape index (κ2) is 5.29. The Labute approximate surface area is 123 Å².